The molecule has 0 unspecified atom stereocenters. The maximum atomic E-state index is 4.41. The van der Waals surface area contributed by atoms with E-state index in [1.165, 1.54) is 0 Å². The van der Waals surface area contributed by atoms with E-state index in [1.54, 1.807) is 4.80 Å². The summed E-state index contributed by atoms with van der Waals surface area (Å²) in [5, 5.41) is 8.80. The molecule has 78 valence electrons. The molecule has 4 nitrogen and oxygen atoms in total. The van der Waals surface area contributed by atoms with E-state index in [0.29, 0.717) is 5.41 Å². The Labute approximate surface area is 84.9 Å². The van der Waals surface area contributed by atoms with E-state index in [2.05, 4.69) is 42.7 Å². The molecule has 2 rings (SSSR count). The van der Waals surface area contributed by atoms with Crippen LogP contribution in [-0.4, -0.2) is 15.1 Å². The van der Waals surface area contributed by atoms with Gasteiger partial charge in [-0.3, -0.25) is 0 Å². The fourth-order valence-electron chi connectivity index (χ4n) is 2.73. The van der Waals surface area contributed by atoms with Gasteiger partial charge in [0.1, 0.15) is 12.6 Å². The normalized spacial score (nSPS) is 23.2. The Morgan fingerprint density at radius 2 is 1.93 bits per heavy atom. The molecule has 0 fully saturated rings. The third-order valence-corrected chi connectivity index (χ3v) is 2.84. The fourth-order valence-corrected chi connectivity index (χ4v) is 2.73. The van der Waals surface area contributed by atoms with Crippen LogP contribution >= 0.6 is 0 Å². The molecule has 0 radical (unpaired) electrons. The van der Waals surface area contributed by atoms with E-state index in [1.807, 2.05) is 7.05 Å². The number of fused-ring (bicyclic) bond motifs is 1. The van der Waals surface area contributed by atoms with Gasteiger partial charge in [-0.2, -0.15) is 0 Å². The highest BCUT2D eigenvalue weighted by atomic mass is 15.6. The van der Waals surface area contributed by atoms with E-state index in [4.69, 9.17) is 0 Å². The second kappa shape index (κ2) is 2.55. The summed E-state index contributed by atoms with van der Waals surface area (Å²) in [6.45, 7) is 9.05. The van der Waals surface area contributed by atoms with Crippen molar-refractivity contribution in [2.45, 2.75) is 46.1 Å². The average Bonchev–Trinajstić information content (AvgIpc) is 2.25. The van der Waals surface area contributed by atoms with Crippen molar-refractivity contribution in [2.24, 2.45) is 12.5 Å². The number of hydrogen-bond donors (Lipinski definition) is 0. The van der Waals surface area contributed by atoms with Gasteiger partial charge in [-0.1, -0.05) is 13.8 Å². The number of hydrogen-bond acceptors (Lipinski definition) is 2. The molecule has 0 amide bonds. The first kappa shape index (κ1) is 9.62. The Morgan fingerprint density at radius 1 is 1.29 bits per heavy atom. The van der Waals surface area contributed by atoms with Crippen LogP contribution in [0.4, 0.5) is 0 Å². The monoisotopic (exact) mass is 195 g/mol. The maximum Gasteiger partial charge on any atom is 0.299 e. The van der Waals surface area contributed by atoms with Crippen molar-refractivity contribution in [2.75, 3.05) is 0 Å². The standard InChI is InChI=1S/C10H19N4/c1-9(2)6-8-11-13(5)12-14(8)10(3,4)7-9/h6-7H2,1-5H3/q+1. The van der Waals surface area contributed by atoms with E-state index < -0.39 is 0 Å². The second-order valence-electron chi connectivity index (χ2n) is 5.74. The lowest BCUT2D eigenvalue weighted by atomic mass is 9.75. The smallest absolute Gasteiger partial charge is 0.131 e. The van der Waals surface area contributed by atoms with Crippen LogP contribution in [0.2, 0.25) is 0 Å². The summed E-state index contributed by atoms with van der Waals surface area (Å²) in [6.07, 6.45) is 2.17. The lowest BCUT2D eigenvalue weighted by molar-refractivity contribution is -0.824. The Kier molecular flexibility index (Phi) is 1.75. The Morgan fingerprint density at radius 3 is 2.57 bits per heavy atom. The van der Waals surface area contributed by atoms with Crippen LogP contribution in [0, 0.1) is 5.41 Å². The van der Waals surface area contributed by atoms with Gasteiger partial charge in [0, 0.05) is 6.42 Å². The predicted molar refractivity (Wildman–Crippen MR) is 52.6 cm³/mol. The molecule has 0 saturated carbocycles. The molecular weight excluding hydrogens is 176 g/mol. The number of aromatic nitrogens is 4. The first-order valence-corrected chi connectivity index (χ1v) is 5.13. The predicted octanol–water partition coefficient (Wildman–Crippen LogP) is 0.810. The van der Waals surface area contributed by atoms with E-state index in [0.717, 1.165) is 18.7 Å². The number of tetrazole rings is 1. The molecule has 1 aliphatic heterocycles. The minimum Gasteiger partial charge on any atom is -0.131 e. The van der Waals surface area contributed by atoms with Crippen molar-refractivity contribution in [1.82, 2.24) is 15.1 Å². The summed E-state index contributed by atoms with van der Waals surface area (Å²) in [4.78, 5) is 1.67. The summed E-state index contributed by atoms with van der Waals surface area (Å²) in [5.74, 6) is 1.11. The molecule has 0 spiro atoms. The lowest BCUT2D eigenvalue weighted by Gasteiger charge is -2.35. The molecule has 0 aliphatic carbocycles. The van der Waals surface area contributed by atoms with Crippen molar-refractivity contribution in [1.29, 1.82) is 0 Å². The summed E-state index contributed by atoms with van der Waals surface area (Å²) < 4.78 is 2.07. The molecule has 14 heavy (non-hydrogen) atoms. The molecular formula is C10H19N4+. The highest BCUT2D eigenvalue weighted by molar-refractivity contribution is 4.89. The van der Waals surface area contributed by atoms with Crippen LogP contribution in [0.5, 0.6) is 0 Å². The molecule has 0 N–H and O–H groups in total. The minimum atomic E-state index is 0.0886. The van der Waals surface area contributed by atoms with Gasteiger partial charge in [-0.25, -0.2) is 0 Å². The topological polar surface area (TPSA) is 34.6 Å². The zero-order valence-electron chi connectivity index (χ0n) is 9.70. The van der Waals surface area contributed by atoms with Gasteiger partial charge < -0.3 is 0 Å². The van der Waals surface area contributed by atoms with Gasteiger partial charge in [-0.15, -0.1) is 4.68 Å². The quantitative estimate of drug-likeness (QED) is 0.574. The molecule has 0 saturated heterocycles. The van der Waals surface area contributed by atoms with Crippen molar-refractivity contribution >= 4 is 0 Å². The Balaban J connectivity index is 2.52. The zero-order chi connectivity index (χ0) is 10.6. The van der Waals surface area contributed by atoms with Gasteiger partial charge >= 0.3 is 0 Å². The van der Waals surface area contributed by atoms with E-state index >= 15 is 0 Å². The number of nitrogens with zero attached hydrogens (tertiary/aromatic N) is 4. The molecule has 1 aromatic heterocycles. The summed E-state index contributed by atoms with van der Waals surface area (Å²) in [6, 6.07) is 0. The molecule has 0 aromatic carbocycles. The maximum absolute atomic E-state index is 4.41. The first-order chi connectivity index (χ1) is 6.30. The van der Waals surface area contributed by atoms with Crippen molar-refractivity contribution in [3.8, 4) is 0 Å². The fraction of sp³-hybridized carbons (Fsp3) is 0.900. The SMILES string of the molecule is Cn1nc2[n+](n1)C(C)(C)CC(C)(C)C2. The van der Waals surface area contributed by atoms with Crippen molar-refractivity contribution in [3.63, 3.8) is 0 Å². The van der Waals surface area contributed by atoms with Gasteiger partial charge in [0.25, 0.3) is 5.82 Å². The highest BCUT2D eigenvalue weighted by Gasteiger charge is 2.44. The largest absolute Gasteiger partial charge is 0.299 e. The van der Waals surface area contributed by atoms with Gasteiger partial charge in [0.2, 0.25) is 0 Å². The third kappa shape index (κ3) is 1.42. The zero-order valence-corrected chi connectivity index (χ0v) is 9.70. The highest BCUT2D eigenvalue weighted by Crippen LogP contribution is 2.35. The van der Waals surface area contributed by atoms with Crippen molar-refractivity contribution in [3.05, 3.63) is 5.82 Å². The van der Waals surface area contributed by atoms with Crippen LogP contribution in [0.15, 0.2) is 0 Å². The molecule has 2 heterocycles. The number of aryl methyl sites for hydroxylation is 1. The Bertz CT molecular complexity index is 362. The van der Waals surface area contributed by atoms with Crippen molar-refractivity contribution < 1.29 is 4.68 Å². The summed E-state index contributed by atoms with van der Waals surface area (Å²) in [5.41, 5.74) is 0.422. The van der Waals surface area contributed by atoms with Crippen LogP contribution in [0.1, 0.15) is 39.9 Å². The minimum absolute atomic E-state index is 0.0886. The van der Waals surface area contributed by atoms with Gasteiger partial charge in [0.15, 0.2) is 0 Å². The van der Waals surface area contributed by atoms with E-state index in [9.17, 15) is 0 Å². The van der Waals surface area contributed by atoms with Crippen LogP contribution in [-0.2, 0) is 19.0 Å². The summed E-state index contributed by atoms with van der Waals surface area (Å²) >= 11 is 0. The Hall–Kier alpha value is -0.930. The van der Waals surface area contributed by atoms with Gasteiger partial charge in [0.05, 0.1) is 10.3 Å². The van der Waals surface area contributed by atoms with E-state index in [-0.39, 0.29) is 5.54 Å². The lowest BCUT2D eigenvalue weighted by Crippen LogP contribution is -2.62. The van der Waals surface area contributed by atoms with Gasteiger partial charge in [-0.05, 0) is 30.5 Å². The van der Waals surface area contributed by atoms with Crippen LogP contribution in [0.25, 0.3) is 0 Å². The molecule has 1 aliphatic rings. The second-order valence-corrected chi connectivity index (χ2v) is 5.74. The molecule has 0 bridgehead atoms. The first-order valence-electron chi connectivity index (χ1n) is 5.13. The van der Waals surface area contributed by atoms with Crippen LogP contribution in [0.3, 0.4) is 0 Å². The molecule has 1 aromatic rings. The third-order valence-electron chi connectivity index (χ3n) is 2.84. The average molecular weight is 195 g/mol. The molecule has 0 atom stereocenters. The van der Waals surface area contributed by atoms with Crippen LogP contribution < -0.4 is 4.68 Å². The summed E-state index contributed by atoms with van der Waals surface area (Å²) in [7, 11) is 1.88. The number of rotatable bonds is 0. The molecule has 4 heteroatoms.